The number of hydrogen-bond donors (Lipinski definition) is 2. The van der Waals surface area contributed by atoms with Crippen molar-refractivity contribution in [1.29, 1.82) is 0 Å². The van der Waals surface area contributed by atoms with Gasteiger partial charge < -0.3 is 15.0 Å². The van der Waals surface area contributed by atoms with Gasteiger partial charge >= 0.3 is 0 Å². The SMILES string of the molecule is CNC(=O)CCn1ccc(C(C)O)c1. The fourth-order valence-electron chi connectivity index (χ4n) is 1.20. The number of aryl methyl sites for hydroxylation is 1. The van der Waals surface area contributed by atoms with Crippen LogP contribution in [-0.4, -0.2) is 22.6 Å². The molecule has 2 N–H and O–H groups in total. The van der Waals surface area contributed by atoms with Gasteiger partial charge in [0.2, 0.25) is 5.91 Å². The predicted octanol–water partition coefficient (Wildman–Crippen LogP) is 0.677. The number of hydrogen-bond acceptors (Lipinski definition) is 2. The molecule has 0 bridgehead atoms. The summed E-state index contributed by atoms with van der Waals surface area (Å²) in [6, 6.07) is 1.86. The van der Waals surface area contributed by atoms with Gasteiger partial charge in [0.25, 0.3) is 0 Å². The smallest absolute Gasteiger partial charge is 0.221 e. The molecule has 0 saturated heterocycles. The third-order valence-electron chi connectivity index (χ3n) is 2.13. The number of nitrogens with one attached hydrogen (secondary N) is 1. The second kappa shape index (κ2) is 4.81. The van der Waals surface area contributed by atoms with E-state index in [0.717, 1.165) is 5.56 Å². The quantitative estimate of drug-likeness (QED) is 0.744. The predicted molar refractivity (Wildman–Crippen MR) is 53.7 cm³/mol. The molecule has 0 spiro atoms. The van der Waals surface area contributed by atoms with Gasteiger partial charge in [0.15, 0.2) is 0 Å². The molecule has 1 rings (SSSR count). The molecule has 1 amide bonds. The number of nitrogens with zero attached hydrogens (tertiary/aromatic N) is 1. The monoisotopic (exact) mass is 196 g/mol. The maximum atomic E-state index is 11.0. The lowest BCUT2D eigenvalue weighted by atomic mass is 10.2. The van der Waals surface area contributed by atoms with Gasteiger partial charge in [-0.3, -0.25) is 4.79 Å². The van der Waals surface area contributed by atoms with E-state index in [1.807, 2.05) is 23.0 Å². The fourth-order valence-corrected chi connectivity index (χ4v) is 1.20. The molecule has 0 aliphatic rings. The molecule has 1 aromatic heterocycles. The van der Waals surface area contributed by atoms with Crippen LogP contribution in [-0.2, 0) is 11.3 Å². The number of carbonyl (C=O) groups excluding carboxylic acids is 1. The van der Waals surface area contributed by atoms with Gasteiger partial charge in [0, 0.05) is 32.4 Å². The molecular formula is C10H16N2O2. The highest BCUT2D eigenvalue weighted by Gasteiger charge is 2.03. The molecule has 0 aliphatic heterocycles. The van der Waals surface area contributed by atoms with Crippen LogP contribution in [0.2, 0.25) is 0 Å². The molecule has 1 heterocycles. The molecule has 4 heteroatoms. The third kappa shape index (κ3) is 2.88. The zero-order chi connectivity index (χ0) is 10.6. The van der Waals surface area contributed by atoms with E-state index in [0.29, 0.717) is 13.0 Å². The first-order valence-electron chi connectivity index (χ1n) is 4.68. The van der Waals surface area contributed by atoms with Gasteiger partial charge in [-0.2, -0.15) is 0 Å². The first-order chi connectivity index (χ1) is 6.63. The normalized spacial score (nSPS) is 12.5. The second-order valence-corrected chi connectivity index (χ2v) is 3.28. The van der Waals surface area contributed by atoms with Crippen LogP contribution in [0, 0.1) is 0 Å². The lowest BCUT2D eigenvalue weighted by molar-refractivity contribution is -0.120. The van der Waals surface area contributed by atoms with Crippen LogP contribution in [0.25, 0.3) is 0 Å². The maximum absolute atomic E-state index is 11.0. The Hall–Kier alpha value is -1.29. The number of carbonyl (C=O) groups is 1. The summed E-state index contributed by atoms with van der Waals surface area (Å²) in [5.74, 6) is 0.0253. The number of aliphatic hydroxyl groups excluding tert-OH is 1. The van der Waals surface area contributed by atoms with Crippen molar-refractivity contribution in [3.05, 3.63) is 24.0 Å². The highest BCUT2D eigenvalue weighted by atomic mass is 16.3. The maximum Gasteiger partial charge on any atom is 0.221 e. The van der Waals surface area contributed by atoms with Crippen molar-refractivity contribution in [2.24, 2.45) is 0 Å². The van der Waals surface area contributed by atoms with Crippen molar-refractivity contribution in [1.82, 2.24) is 9.88 Å². The van der Waals surface area contributed by atoms with Crippen LogP contribution in [0.4, 0.5) is 0 Å². The molecule has 14 heavy (non-hydrogen) atoms. The first-order valence-corrected chi connectivity index (χ1v) is 4.68. The zero-order valence-corrected chi connectivity index (χ0v) is 8.53. The van der Waals surface area contributed by atoms with Gasteiger partial charge in [0.05, 0.1) is 6.10 Å². The highest BCUT2D eigenvalue weighted by Crippen LogP contribution is 2.11. The largest absolute Gasteiger partial charge is 0.389 e. The summed E-state index contributed by atoms with van der Waals surface area (Å²) in [5.41, 5.74) is 0.877. The highest BCUT2D eigenvalue weighted by molar-refractivity contribution is 5.75. The van der Waals surface area contributed by atoms with E-state index in [1.165, 1.54) is 0 Å². The Bertz CT molecular complexity index is 305. The number of rotatable bonds is 4. The van der Waals surface area contributed by atoms with Crippen molar-refractivity contribution in [3.63, 3.8) is 0 Å². The standard InChI is InChI=1S/C10H16N2O2/c1-8(13)9-3-5-12(7-9)6-4-10(14)11-2/h3,5,7-8,13H,4,6H2,1-2H3,(H,11,14). The van der Waals surface area contributed by atoms with Crippen LogP contribution in [0.15, 0.2) is 18.5 Å². The Balaban J connectivity index is 2.48. The molecule has 1 atom stereocenters. The van der Waals surface area contributed by atoms with Gasteiger partial charge in [-0.15, -0.1) is 0 Å². The molecule has 1 aromatic rings. The molecule has 0 aromatic carbocycles. The lowest BCUT2D eigenvalue weighted by Crippen LogP contribution is -2.19. The minimum absolute atomic E-state index is 0.0253. The molecular weight excluding hydrogens is 180 g/mol. The van der Waals surface area contributed by atoms with Crippen molar-refractivity contribution in [3.8, 4) is 0 Å². The molecule has 0 radical (unpaired) electrons. The lowest BCUT2D eigenvalue weighted by Gasteiger charge is -2.02. The van der Waals surface area contributed by atoms with Crippen molar-refractivity contribution in [2.75, 3.05) is 7.05 Å². The van der Waals surface area contributed by atoms with Gasteiger partial charge in [0.1, 0.15) is 0 Å². The average Bonchev–Trinajstić information content (AvgIpc) is 2.62. The van der Waals surface area contributed by atoms with E-state index < -0.39 is 6.10 Å². The van der Waals surface area contributed by atoms with E-state index >= 15 is 0 Å². The van der Waals surface area contributed by atoms with E-state index in [9.17, 15) is 9.90 Å². The molecule has 4 nitrogen and oxygen atoms in total. The fraction of sp³-hybridized carbons (Fsp3) is 0.500. The van der Waals surface area contributed by atoms with Crippen molar-refractivity contribution >= 4 is 5.91 Å². The van der Waals surface area contributed by atoms with Gasteiger partial charge in [-0.25, -0.2) is 0 Å². The Morgan fingerprint density at radius 2 is 2.43 bits per heavy atom. The van der Waals surface area contributed by atoms with Gasteiger partial charge in [-0.05, 0) is 18.6 Å². The number of aliphatic hydroxyl groups is 1. The van der Waals surface area contributed by atoms with E-state index in [1.54, 1.807) is 14.0 Å². The zero-order valence-electron chi connectivity index (χ0n) is 8.53. The Labute approximate surface area is 83.5 Å². The molecule has 0 saturated carbocycles. The molecule has 1 unspecified atom stereocenters. The Morgan fingerprint density at radius 1 is 1.71 bits per heavy atom. The van der Waals surface area contributed by atoms with Gasteiger partial charge in [-0.1, -0.05) is 0 Å². The molecule has 0 aliphatic carbocycles. The summed E-state index contributed by atoms with van der Waals surface area (Å²) in [4.78, 5) is 11.0. The Kier molecular flexibility index (Phi) is 3.71. The first kappa shape index (κ1) is 10.8. The summed E-state index contributed by atoms with van der Waals surface area (Å²) in [6.45, 7) is 2.37. The second-order valence-electron chi connectivity index (χ2n) is 3.28. The molecule has 0 fully saturated rings. The van der Waals surface area contributed by atoms with Crippen molar-refractivity contribution < 1.29 is 9.90 Å². The molecule has 78 valence electrons. The van der Waals surface area contributed by atoms with Crippen LogP contribution in [0.5, 0.6) is 0 Å². The number of aromatic nitrogens is 1. The third-order valence-corrected chi connectivity index (χ3v) is 2.13. The topological polar surface area (TPSA) is 54.3 Å². The summed E-state index contributed by atoms with van der Waals surface area (Å²) >= 11 is 0. The van der Waals surface area contributed by atoms with E-state index in [4.69, 9.17) is 0 Å². The summed E-state index contributed by atoms with van der Waals surface area (Å²) in [6.07, 6.45) is 3.74. The van der Waals surface area contributed by atoms with Crippen molar-refractivity contribution in [2.45, 2.75) is 26.0 Å². The number of amides is 1. The van der Waals surface area contributed by atoms with E-state index in [2.05, 4.69) is 5.32 Å². The van der Waals surface area contributed by atoms with Crippen LogP contribution >= 0.6 is 0 Å². The van der Waals surface area contributed by atoms with E-state index in [-0.39, 0.29) is 5.91 Å². The minimum atomic E-state index is -0.448. The Morgan fingerprint density at radius 3 is 2.93 bits per heavy atom. The van der Waals surface area contributed by atoms with Crippen LogP contribution in [0.3, 0.4) is 0 Å². The average molecular weight is 196 g/mol. The minimum Gasteiger partial charge on any atom is -0.389 e. The van der Waals surface area contributed by atoms with Crippen LogP contribution in [0.1, 0.15) is 25.0 Å². The summed E-state index contributed by atoms with van der Waals surface area (Å²) in [7, 11) is 1.62. The summed E-state index contributed by atoms with van der Waals surface area (Å²) in [5, 5.41) is 11.8. The van der Waals surface area contributed by atoms with Crippen LogP contribution < -0.4 is 5.32 Å². The summed E-state index contributed by atoms with van der Waals surface area (Å²) < 4.78 is 1.90.